The summed E-state index contributed by atoms with van der Waals surface area (Å²) in [6, 6.07) is 9.95. The second-order valence-electron chi connectivity index (χ2n) is 8.83. The van der Waals surface area contributed by atoms with Crippen molar-refractivity contribution in [1.82, 2.24) is 24.0 Å². The molecule has 33 heavy (non-hydrogen) atoms. The van der Waals surface area contributed by atoms with Crippen molar-refractivity contribution in [2.75, 3.05) is 20.2 Å². The van der Waals surface area contributed by atoms with Crippen molar-refractivity contribution in [3.8, 4) is 17.3 Å². The number of likely N-dealkylation sites (tertiary alicyclic amines) is 1. The molecule has 3 aromatic heterocycles. The van der Waals surface area contributed by atoms with Crippen molar-refractivity contribution in [3.63, 3.8) is 0 Å². The van der Waals surface area contributed by atoms with Gasteiger partial charge in [0.1, 0.15) is 16.9 Å². The summed E-state index contributed by atoms with van der Waals surface area (Å²) in [5.41, 5.74) is 11.2. The van der Waals surface area contributed by atoms with E-state index in [4.69, 9.17) is 20.4 Å². The third-order valence-corrected chi connectivity index (χ3v) is 6.57. The van der Waals surface area contributed by atoms with Crippen molar-refractivity contribution in [2.45, 2.75) is 39.3 Å². The zero-order valence-corrected chi connectivity index (χ0v) is 19.6. The van der Waals surface area contributed by atoms with Gasteiger partial charge in [0.15, 0.2) is 5.82 Å². The van der Waals surface area contributed by atoms with Gasteiger partial charge in [0.2, 0.25) is 0 Å². The number of piperidine rings is 1. The van der Waals surface area contributed by atoms with Crippen molar-refractivity contribution >= 4 is 28.0 Å². The first-order valence-corrected chi connectivity index (χ1v) is 11.5. The smallest absolute Gasteiger partial charge is 0.254 e. The number of rotatable bonds is 4. The number of hydrogen-bond donors (Lipinski definition) is 1. The summed E-state index contributed by atoms with van der Waals surface area (Å²) in [6.45, 7) is 6.18. The predicted octanol–water partition coefficient (Wildman–Crippen LogP) is 3.49. The summed E-state index contributed by atoms with van der Waals surface area (Å²) in [4.78, 5) is 24.8. The number of carbonyl (C=O) groups is 1. The largest absolute Gasteiger partial charge is 0.494 e. The van der Waals surface area contributed by atoms with E-state index < -0.39 is 0 Å². The van der Waals surface area contributed by atoms with Crippen LogP contribution in [0.4, 0.5) is 0 Å². The molecule has 0 spiro atoms. The molecular weight excluding hydrogens is 416 g/mol. The van der Waals surface area contributed by atoms with E-state index in [1.54, 1.807) is 7.11 Å². The maximum absolute atomic E-state index is 13.2. The van der Waals surface area contributed by atoms with Crippen molar-refractivity contribution in [3.05, 3.63) is 41.6 Å². The maximum Gasteiger partial charge on any atom is 0.254 e. The Balaban J connectivity index is 1.65. The molecule has 1 unspecified atom stereocenters. The van der Waals surface area contributed by atoms with E-state index in [1.165, 1.54) is 0 Å². The van der Waals surface area contributed by atoms with Crippen LogP contribution in [0, 0.1) is 6.92 Å². The molecule has 1 amide bonds. The molecule has 8 heteroatoms. The summed E-state index contributed by atoms with van der Waals surface area (Å²) in [5.74, 6) is 1.41. The molecule has 1 aromatic carbocycles. The first-order valence-electron chi connectivity index (χ1n) is 11.5. The third kappa shape index (κ3) is 3.54. The lowest BCUT2D eigenvalue weighted by molar-refractivity contribution is 0.0708. The fourth-order valence-corrected chi connectivity index (χ4v) is 4.92. The number of nitrogens with two attached hydrogens (primary N) is 1. The molecule has 0 saturated carbocycles. The van der Waals surface area contributed by atoms with Gasteiger partial charge in [-0.05, 0) is 57.0 Å². The quantitative estimate of drug-likeness (QED) is 0.518. The number of benzene rings is 1. The van der Waals surface area contributed by atoms with E-state index in [0.29, 0.717) is 17.9 Å². The van der Waals surface area contributed by atoms with Crippen LogP contribution >= 0.6 is 0 Å². The fourth-order valence-electron chi connectivity index (χ4n) is 4.92. The minimum absolute atomic E-state index is 0.0279. The van der Waals surface area contributed by atoms with E-state index in [1.807, 2.05) is 41.6 Å². The van der Waals surface area contributed by atoms with Gasteiger partial charge in [0.05, 0.1) is 18.3 Å². The molecule has 1 aliphatic rings. The second-order valence-corrected chi connectivity index (χ2v) is 8.83. The minimum atomic E-state index is -0.0279. The summed E-state index contributed by atoms with van der Waals surface area (Å²) >= 11 is 0. The molecule has 1 fully saturated rings. The zero-order chi connectivity index (χ0) is 23.3. The van der Waals surface area contributed by atoms with Gasteiger partial charge in [-0.2, -0.15) is 0 Å². The molecule has 5 rings (SSSR count). The van der Waals surface area contributed by atoms with Crippen LogP contribution in [0.25, 0.3) is 33.6 Å². The lowest BCUT2D eigenvalue weighted by atomic mass is 10.0. The van der Waals surface area contributed by atoms with E-state index in [0.717, 1.165) is 65.2 Å². The molecule has 8 nitrogen and oxygen atoms in total. The number of nitrogens with zero attached hydrogens (tertiary/aromatic N) is 5. The van der Waals surface area contributed by atoms with Crippen molar-refractivity contribution < 1.29 is 9.53 Å². The van der Waals surface area contributed by atoms with Crippen LogP contribution < -0.4 is 10.5 Å². The Kier molecular flexibility index (Phi) is 5.32. The minimum Gasteiger partial charge on any atom is -0.494 e. The highest BCUT2D eigenvalue weighted by Gasteiger charge is 2.25. The first kappa shape index (κ1) is 21.5. The van der Waals surface area contributed by atoms with Gasteiger partial charge in [-0.15, -0.1) is 0 Å². The number of fused-ring (bicyclic) bond motifs is 2. The number of aromatic nitrogens is 4. The lowest BCUT2D eigenvalue weighted by Gasteiger charge is -2.30. The van der Waals surface area contributed by atoms with Crippen LogP contribution in [0.2, 0.25) is 0 Å². The van der Waals surface area contributed by atoms with Gasteiger partial charge in [-0.1, -0.05) is 0 Å². The number of aryl methyl sites for hydroxylation is 3. The Hall–Kier alpha value is -3.39. The fraction of sp³-hybridized carbons (Fsp3) is 0.400. The van der Waals surface area contributed by atoms with E-state index in [-0.39, 0.29) is 11.9 Å². The van der Waals surface area contributed by atoms with Crippen molar-refractivity contribution in [2.24, 2.45) is 12.8 Å². The second kappa shape index (κ2) is 8.19. The number of imidazole rings is 1. The van der Waals surface area contributed by atoms with Gasteiger partial charge in [0, 0.05) is 49.4 Å². The molecule has 0 bridgehead atoms. The lowest BCUT2D eigenvalue weighted by Crippen LogP contribution is -2.45. The molecule has 4 heterocycles. The molecule has 0 radical (unpaired) electrons. The van der Waals surface area contributed by atoms with Crippen LogP contribution in [0.15, 0.2) is 30.3 Å². The highest BCUT2D eigenvalue weighted by Crippen LogP contribution is 2.34. The van der Waals surface area contributed by atoms with Gasteiger partial charge in [-0.3, -0.25) is 4.79 Å². The van der Waals surface area contributed by atoms with Gasteiger partial charge in [-0.25, -0.2) is 9.97 Å². The van der Waals surface area contributed by atoms with Crippen molar-refractivity contribution in [1.29, 1.82) is 0 Å². The normalized spacial score (nSPS) is 16.6. The van der Waals surface area contributed by atoms with E-state index in [9.17, 15) is 4.79 Å². The number of ether oxygens (including phenoxy) is 1. The number of pyridine rings is 1. The van der Waals surface area contributed by atoms with Gasteiger partial charge >= 0.3 is 0 Å². The van der Waals surface area contributed by atoms with Gasteiger partial charge in [0.25, 0.3) is 5.91 Å². The molecule has 0 aliphatic carbocycles. The summed E-state index contributed by atoms with van der Waals surface area (Å²) < 4.78 is 9.92. The Morgan fingerprint density at radius 1 is 1.24 bits per heavy atom. The van der Waals surface area contributed by atoms with Crippen LogP contribution in [0.5, 0.6) is 5.75 Å². The zero-order valence-electron chi connectivity index (χ0n) is 19.6. The Morgan fingerprint density at radius 2 is 2.06 bits per heavy atom. The molecule has 1 atom stereocenters. The highest BCUT2D eigenvalue weighted by molar-refractivity contribution is 6.00. The highest BCUT2D eigenvalue weighted by atomic mass is 16.5. The SMILES string of the molecule is CCn1c(-c2nc3cc(C(=O)N4CCCC(N)C4)cc(OC)c3n2C)cc2ccc(C)nc21. The van der Waals surface area contributed by atoms with Crippen LogP contribution in [0.1, 0.15) is 35.8 Å². The molecule has 1 saturated heterocycles. The van der Waals surface area contributed by atoms with Gasteiger partial charge < -0.3 is 24.5 Å². The number of hydrogen-bond acceptors (Lipinski definition) is 5. The molecule has 1 aliphatic heterocycles. The first-order chi connectivity index (χ1) is 15.9. The Morgan fingerprint density at radius 3 is 2.79 bits per heavy atom. The number of amides is 1. The van der Waals surface area contributed by atoms with Crippen LogP contribution in [0.3, 0.4) is 0 Å². The molecular formula is C25H30N6O2. The standard InChI is InChI=1S/C25H30N6O2/c1-5-31-20(12-16-9-8-15(2)27-23(16)31)24-28-19-11-17(13-21(33-4)22(19)29(24)3)25(32)30-10-6-7-18(26)14-30/h8-9,11-13,18H,5-7,10,14,26H2,1-4H3. The maximum atomic E-state index is 13.2. The van der Waals surface area contributed by atoms with Crippen LogP contribution in [-0.2, 0) is 13.6 Å². The monoisotopic (exact) mass is 446 g/mol. The molecule has 172 valence electrons. The summed E-state index contributed by atoms with van der Waals surface area (Å²) in [6.07, 6.45) is 1.88. The Labute approximate surface area is 193 Å². The third-order valence-electron chi connectivity index (χ3n) is 6.57. The number of methoxy groups -OCH3 is 1. The number of carbonyl (C=O) groups excluding carboxylic acids is 1. The average molecular weight is 447 g/mol. The average Bonchev–Trinajstić information content (AvgIpc) is 3.34. The summed E-state index contributed by atoms with van der Waals surface area (Å²) in [7, 11) is 3.61. The predicted molar refractivity (Wildman–Crippen MR) is 130 cm³/mol. The Bertz CT molecular complexity index is 1370. The van der Waals surface area contributed by atoms with E-state index >= 15 is 0 Å². The summed E-state index contributed by atoms with van der Waals surface area (Å²) in [5, 5.41) is 1.08. The topological polar surface area (TPSA) is 91.2 Å². The molecule has 4 aromatic rings. The molecule has 2 N–H and O–H groups in total. The van der Waals surface area contributed by atoms with E-state index in [2.05, 4.69) is 23.6 Å². The van der Waals surface area contributed by atoms with Crippen LogP contribution in [-0.4, -0.2) is 56.2 Å².